The normalized spacial score (nSPS) is 11.0. The summed E-state index contributed by atoms with van der Waals surface area (Å²) in [6, 6.07) is 20.1. The van der Waals surface area contributed by atoms with E-state index in [-0.39, 0.29) is 5.91 Å². The SMILES string of the molecule is Cc1cc(C)nc(NC(=O)CCc2cn(Cc3ccc(Cl)cc3)c3ccccc23)c1. The molecule has 0 saturated carbocycles. The van der Waals surface area contributed by atoms with Crippen LogP contribution in [0.4, 0.5) is 5.82 Å². The van der Waals surface area contributed by atoms with Crippen LogP contribution in [0.2, 0.25) is 5.02 Å². The zero-order valence-corrected chi connectivity index (χ0v) is 17.9. The lowest BCUT2D eigenvalue weighted by Gasteiger charge is -2.06. The number of hydrogen-bond acceptors (Lipinski definition) is 2. The molecule has 4 rings (SSSR count). The fourth-order valence-corrected chi connectivity index (χ4v) is 3.92. The van der Waals surface area contributed by atoms with Crippen molar-refractivity contribution in [3.8, 4) is 0 Å². The second-order valence-electron chi connectivity index (χ2n) is 7.65. The molecule has 0 saturated heterocycles. The minimum atomic E-state index is -0.0259. The number of halogens is 1. The van der Waals surface area contributed by atoms with E-state index in [4.69, 9.17) is 11.6 Å². The van der Waals surface area contributed by atoms with Gasteiger partial charge in [-0.3, -0.25) is 4.79 Å². The molecule has 0 aliphatic carbocycles. The van der Waals surface area contributed by atoms with Crippen LogP contribution in [0.3, 0.4) is 0 Å². The zero-order chi connectivity index (χ0) is 21.1. The van der Waals surface area contributed by atoms with Crippen LogP contribution in [0.1, 0.15) is 28.8 Å². The monoisotopic (exact) mass is 417 g/mol. The predicted octanol–water partition coefficient (Wildman–Crippen LogP) is 5.93. The van der Waals surface area contributed by atoms with E-state index in [0.29, 0.717) is 18.7 Å². The van der Waals surface area contributed by atoms with Gasteiger partial charge >= 0.3 is 0 Å². The molecule has 0 bridgehead atoms. The van der Waals surface area contributed by atoms with Crippen LogP contribution >= 0.6 is 11.6 Å². The first-order valence-electron chi connectivity index (χ1n) is 10.0. The molecule has 2 heterocycles. The van der Waals surface area contributed by atoms with Crippen molar-refractivity contribution in [2.24, 2.45) is 0 Å². The van der Waals surface area contributed by atoms with Crippen LogP contribution in [-0.2, 0) is 17.8 Å². The van der Waals surface area contributed by atoms with Crippen LogP contribution in [0, 0.1) is 13.8 Å². The highest BCUT2D eigenvalue weighted by atomic mass is 35.5. The largest absolute Gasteiger partial charge is 0.343 e. The summed E-state index contributed by atoms with van der Waals surface area (Å²) in [4.78, 5) is 16.9. The maximum absolute atomic E-state index is 12.5. The Morgan fingerprint density at radius 3 is 2.60 bits per heavy atom. The number of nitrogens with one attached hydrogen (secondary N) is 1. The third-order valence-electron chi connectivity index (χ3n) is 5.12. The molecular weight excluding hydrogens is 394 g/mol. The Hall–Kier alpha value is -3.11. The number of aryl methyl sites for hydroxylation is 3. The molecule has 0 atom stereocenters. The van der Waals surface area contributed by atoms with E-state index in [2.05, 4.69) is 33.2 Å². The summed E-state index contributed by atoms with van der Waals surface area (Å²) >= 11 is 6.01. The molecule has 4 nitrogen and oxygen atoms in total. The van der Waals surface area contributed by atoms with Gasteiger partial charge < -0.3 is 9.88 Å². The van der Waals surface area contributed by atoms with Gasteiger partial charge in [-0.15, -0.1) is 0 Å². The third-order valence-corrected chi connectivity index (χ3v) is 5.38. The smallest absolute Gasteiger partial charge is 0.225 e. The van der Waals surface area contributed by atoms with Gasteiger partial charge in [0, 0.05) is 40.8 Å². The Labute approximate surface area is 181 Å². The number of rotatable bonds is 6. The molecule has 0 aliphatic rings. The Morgan fingerprint density at radius 1 is 1.07 bits per heavy atom. The lowest BCUT2D eigenvalue weighted by molar-refractivity contribution is -0.116. The molecule has 0 spiro atoms. The number of nitrogens with zero attached hydrogens (tertiary/aromatic N) is 2. The molecule has 0 unspecified atom stereocenters. The molecule has 0 aliphatic heterocycles. The summed E-state index contributed by atoms with van der Waals surface area (Å²) in [6.45, 7) is 4.69. The van der Waals surface area contributed by atoms with Crippen molar-refractivity contribution in [1.29, 1.82) is 0 Å². The summed E-state index contributed by atoms with van der Waals surface area (Å²) in [7, 11) is 0. The highest BCUT2D eigenvalue weighted by molar-refractivity contribution is 6.30. The first-order chi connectivity index (χ1) is 14.5. The maximum Gasteiger partial charge on any atom is 0.225 e. The average molecular weight is 418 g/mol. The number of para-hydroxylation sites is 1. The number of pyridine rings is 1. The van der Waals surface area contributed by atoms with Gasteiger partial charge in [0.1, 0.15) is 5.82 Å². The first kappa shape index (κ1) is 20.2. The molecule has 0 radical (unpaired) electrons. The lowest BCUT2D eigenvalue weighted by atomic mass is 10.1. The van der Waals surface area contributed by atoms with Crippen molar-refractivity contribution in [3.63, 3.8) is 0 Å². The average Bonchev–Trinajstić information content (AvgIpc) is 3.05. The number of amides is 1. The number of aromatic nitrogens is 2. The van der Waals surface area contributed by atoms with Crippen LogP contribution in [0.25, 0.3) is 10.9 Å². The molecule has 5 heteroatoms. The number of benzene rings is 2. The molecule has 1 amide bonds. The van der Waals surface area contributed by atoms with Crippen LogP contribution in [0.15, 0.2) is 66.9 Å². The highest BCUT2D eigenvalue weighted by Gasteiger charge is 2.11. The number of carbonyl (C=O) groups excluding carboxylic acids is 1. The topological polar surface area (TPSA) is 46.9 Å². The van der Waals surface area contributed by atoms with Gasteiger partial charge in [-0.05, 0) is 67.3 Å². The summed E-state index contributed by atoms with van der Waals surface area (Å²) < 4.78 is 2.23. The number of carbonyl (C=O) groups is 1. The Kier molecular flexibility index (Phi) is 5.86. The van der Waals surface area contributed by atoms with Crippen molar-refractivity contribution < 1.29 is 4.79 Å². The van der Waals surface area contributed by atoms with Gasteiger partial charge in [-0.2, -0.15) is 0 Å². The minimum absolute atomic E-state index is 0.0259. The molecule has 30 heavy (non-hydrogen) atoms. The molecule has 2 aromatic heterocycles. The third kappa shape index (κ3) is 4.71. The molecule has 1 N–H and O–H groups in total. The van der Waals surface area contributed by atoms with Gasteiger partial charge in [-0.25, -0.2) is 4.98 Å². The maximum atomic E-state index is 12.5. The minimum Gasteiger partial charge on any atom is -0.343 e. The van der Waals surface area contributed by atoms with Crippen molar-refractivity contribution in [2.45, 2.75) is 33.2 Å². The van der Waals surface area contributed by atoms with Crippen LogP contribution in [-0.4, -0.2) is 15.5 Å². The summed E-state index contributed by atoms with van der Waals surface area (Å²) in [6.07, 6.45) is 3.23. The Bertz CT molecular complexity index is 1170. The molecule has 4 aromatic rings. The van der Waals surface area contributed by atoms with Gasteiger partial charge in [0.05, 0.1) is 0 Å². The van der Waals surface area contributed by atoms with Crippen LogP contribution < -0.4 is 5.32 Å². The van der Waals surface area contributed by atoms with E-state index in [9.17, 15) is 4.79 Å². The van der Waals surface area contributed by atoms with Gasteiger partial charge in [0.15, 0.2) is 0 Å². The Morgan fingerprint density at radius 2 is 1.83 bits per heavy atom. The van der Waals surface area contributed by atoms with E-state index < -0.39 is 0 Å². The van der Waals surface area contributed by atoms with Crippen molar-refractivity contribution >= 4 is 34.2 Å². The van der Waals surface area contributed by atoms with Gasteiger partial charge in [0.25, 0.3) is 0 Å². The number of fused-ring (bicyclic) bond motifs is 1. The summed E-state index contributed by atoms with van der Waals surface area (Å²) in [5.41, 5.74) is 5.51. The zero-order valence-electron chi connectivity index (χ0n) is 17.2. The fourth-order valence-electron chi connectivity index (χ4n) is 3.80. The molecular formula is C25H24ClN3O. The molecule has 2 aromatic carbocycles. The van der Waals surface area contributed by atoms with Crippen molar-refractivity contribution in [3.05, 3.63) is 94.3 Å². The quantitative estimate of drug-likeness (QED) is 0.423. The second-order valence-corrected chi connectivity index (χ2v) is 8.08. The fraction of sp³-hybridized carbons (Fsp3) is 0.200. The van der Waals surface area contributed by atoms with Crippen molar-refractivity contribution in [2.75, 3.05) is 5.32 Å². The molecule has 0 fully saturated rings. The summed E-state index contributed by atoms with van der Waals surface area (Å²) in [5, 5.41) is 4.85. The van der Waals surface area contributed by atoms with E-state index in [0.717, 1.165) is 22.8 Å². The second kappa shape index (κ2) is 8.72. The van der Waals surface area contributed by atoms with Gasteiger partial charge in [0.2, 0.25) is 5.91 Å². The van der Waals surface area contributed by atoms with E-state index in [1.54, 1.807) is 0 Å². The number of hydrogen-bond donors (Lipinski definition) is 1. The predicted molar refractivity (Wildman–Crippen MR) is 123 cm³/mol. The standard InChI is InChI=1S/C25H24ClN3O/c1-17-13-18(2)27-24(14-17)28-25(30)12-9-20-16-29(23-6-4-3-5-22(20)23)15-19-7-10-21(26)11-8-19/h3-8,10-11,13-14,16H,9,12,15H2,1-2H3,(H,27,28,30). The Balaban J connectivity index is 1.50. The lowest BCUT2D eigenvalue weighted by Crippen LogP contribution is -2.13. The van der Waals surface area contributed by atoms with Crippen molar-refractivity contribution in [1.82, 2.24) is 9.55 Å². The van der Waals surface area contributed by atoms with E-state index >= 15 is 0 Å². The highest BCUT2D eigenvalue weighted by Crippen LogP contribution is 2.24. The van der Waals surface area contributed by atoms with E-state index in [1.807, 2.05) is 62.4 Å². The van der Waals surface area contributed by atoms with Gasteiger partial charge in [-0.1, -0.05) is 41.9 Å². The first-order valence-corrected chi connectivity index (χ1v) is 10.4. The summed E-state index contributed by atoms with van der Waals surface area (Å²) in [5.74, 6) is 0.588. The van der Waals surface area contributed by atoms with E-state index in [1.165, 1.54) is 22.0 Å². The van der Waals surface area contributed by atoms with Crippen LogP contribution in [0.5, 0.6) is 0 Å². The molecule has 152 valence electrons. The number of anilines is 1.